The SMILES string of the molecule is CC1CCN([C@H](CNC(=O)[C@H](C)NC(=O)c2ccoc2)C(C)C)CC1. The van der Waals surface area contributed by atoms with Crippen molar-refractivity contribution in [1.82, 2.24) is 15.5 Å². The highest BCUT2D eigenvalue weighted by molar-refractivity contribution is 5.97. The van der Waals surface area contributed by atoms with Crippen LogP contribution in [0.4, 0.5) is 0 Å². The Hall–Kier alpha value is -1.82. The summed E-state index contributed by atoms with van der Waals surface area (Å²) in [6.07, 6.45) is 5.24. The maximum Gasteiger partial charge on any atom is 0.255 e. The van der Waals surface area contributed by atoms with Gasteiger partial charge in [-0.2, -0.15) is 0 Å². The summed E-state index contributed by atoms with van der Waals surface area (Å²) in [6.45, 7) is 11.2. The van der Waals surface area contributed by atoms with Gasteiger partial charge >= 0.3 is 0 Å². The van der Waals surface area contributed by atoms with Crippen LogP contribution in [0.5, 0.6) is 0 Å². The lowest BCUT2D eigenvalue weighted by atomic mass is 9.94. The van der Waals surface area contributed by atoms with Crippen LogP contribution in [0.3, 0.4) is 0 Å². The molecule has 2 amide bonds. The molecule has 140 valence electrons. The second-order valence-corrected chi connectivity index (χ2v) is 7.48. The summed E-state index contributed by atoms with van der Waals surface area (Å²) >= 11 is 0. The van der Waals surface area contributed by atoms with E-state index in [1.165, 1.54) is 25.4 Å². The van der Waals surface area contributed by atoms with Crippen LogP contribution in [0.25, 0.3) is 0 Å². The number of hydrogen-bond donors (Lipinski definition) is 2. The molecule has 6 nitrogen and oxygen atoms in total. The van der Waals surface area contributed by atoms with Crippen molar-refractivity contribution in [3.63, 3.8) is 0 Å². The normalized spacial score (nSPS) is 18.8. The highest BCUT2D eigenvalue weighted by Gasteiger charge is 2.26. The van der Waals surface area contributed by atoms with Crippen molar-refractivity contribution in [3.05, 3.63) is 24.2 Å². The second kappa shape index (κ2) is 9.04. The first-order valence-corrected chi connectivity index (χ1v) is 9.23. The van der Waals surface area contributed by atoms with Gasteiger partial charge in [0, 0.05) is 12.6 Å². The quantitative estimate of drug-likeness (QED) is 0.792. The van der Waals surface area contributed by atoms with Gasteiger partial charge < -0.3 is 15.1 Å². The minimum atomic E-state index is -0.586. The first kappa shape index (κ1) is 19.5. The number of carbonyl (C=O) groups is 2. The molecule has 0 aliphatic carbocycles. The first-order valence-electron chi connectivity index (χ1n) is 9.23. The molecule has 1 aromatic rings. The van der Waals surface area contributed by atoms with Crippen molar-refractivity contribution in [3.8, 4) is 0 Å². The molecule has 1 aromatic heterocycles. The van der Waals surface area contributed by atoms with E-state index in [4.69, 9.17) is 4.42 Å². The van der Waals surface area contributed by atoms with Crippen molar-refractivity contribution in [1.29, 1.82) is 0 Å². The standard InChI is InChI=1S/C19H31N3O3/c1-13(2)17(22-8-5-14(3)6-9-22)11-20-18(23)15(4)21-19(24)16-7-10-25-12-16/h7,10,12-15,17H,5-6,8-9,11H2,1-4H3,(H,20,23)(H,21,24)/t15-,17+/m0/s1. The minimum Gasteiger partial charge on any atom is -0.472 e. The lowest BCUT2D eigenvalue weighted by Gasteiger charge is -2.39. The van der Waals surface area contributed by atoms with Crippen LogP contribution >= 0.6 is 0 Å². The number of furan rings is 1. The van der Waals surface area contributed by atoms with Crippen molar-refractivity contribution in [2.75, 3.05) is 19.6 Å². The molecule has 1 aliphatic heterocycles. The fourth-order valence-corrected chi connectivity index (χ4v) is 3.24. The van der Waals surface area contributed by atoms with Crippen LogP contribution in [0, 0.1) is 11.8 Å². The van der Waals surface area contributed by atoms with E-state index in [0.717, 1.165) is 19.0 Å². The largest absolute Gasteiger partial charge is 0.472 e. The molecule has 0 bridgehead atoms. The summed E-state index contributed by atoms with van der Waals surface area (Å²) in [5.74, 6) is 0.788. The topological polar surface area (TPSA) is 74.6 Å². The number of nitrogens with one attached hydrogen (secondary N) is 2. The molecule has 1 saturated heterocycles. The van der Waals surface area contributed by atoms with Crippen LogP contribution in [0.1, 0.15) is 50.9 Å². The van der Waals surface area contributed by atoms with Gasteiger partial charge in [-0.05, 0) is 50.8 Å². The van der Waals surface area contributed by atoms with E-state index in [1.54, 1.807) is 13.0 Å². The van der Waals surface area contributed by atoms with Gasteiger partial charge in [0.2, 0.25) is 5.91 Å². The van der Waals surface area contributed by atoms with Crippen LogP contribution in [0.2, 0.25) is 0 Å². The van der Waals surface area contributed by atoms with Gasteiger partial charge in [-0.1, -0.05) is 20.8 Å². The Balaban J connectivity index is 1.82. The Morgan fingerprint density at radius 1 is 1.28 bits per heavy atom. The van der Waals surface area contributed by atoms with E-state index in [2.05, 4.69) is 36.3 Å². The molecule has 0 saturated carbocycles. The van der Waals surface area contributed by atoms with E-state index < -0.39 is 6.04 Å². The minimum absolute atomic E-state index is 0.159. The summed E-state index contributed by atoms with van der Waals surface area (Å²) < 4.78 is 4.89. The Kier molecular flexibility index (Phi) is 7.05. The summed E-state index contributed by atoms with van der Waals surface area (Å²) in [6, 6.07) is 1.32. The zero-order valence-electron chi connectivity index (χ0n) is 15.7. The van der Waals surface area contributed by atoms with E-state index >= 15 is 0 Å². The molecule has 2 heterocycles. The van der Waals surface area contributed by atoms with Crippen molar-refractivity contribution < 1.29 is 14.0 Å². The van der Waals surface area contributed by atoms with Crippen molar-refractivity contribution in [2.24, 2.45) is 11.8 Å². The fraction of sp³-hybridized carbons (Fsp3) is 0.684. The Bertz CT molecular complexity index is 548. The van der Waals surface area contributed by atoms with Gasteiger partial charge in [-0.15, -0.1) is 0 Å². The molecule has 25 heavy (non-hydrogen) atoms. The fourth-order valence-electron chi connectivity index (χ4n) is 3.24. The molecule has 2 N–H and O–H groups in total. The van der Waals surface area contributed by atoms with Crippen LogP contribution in [-0.2, 0) is 4.79 Å². The molecular weight excluding hydrogens is 318 g/mol. The molecule has 1 aliphatic rings. The maximum absolute atomic E-state index is 12.3. The second-order valence-electron chi connectivity index (χ2n) is 7.48. The predicted octanol–water partition coefficient (Wildman–Crippen LogP) is 2.27. The van der Waals surface area contributed by atoms with E-state index in [-0.39, 0.29) is 11.8 Å². The summed E-state index contributed by atoms with van der Waals surface area (Å²) in [5.41, 5.74) is 0.419. The number of likely N-dealkylation sites (tertiary alicyclic amines) is 1. The molecule has 0 radical (unpaired) electrons. The highest BCUT2D eigenvalue weighted by atomic mass is 16.3. The number of amides is 2. The van der Waals surface area contributed by atoms with Gasteiger partial charge in [0.1, 0.15) is 12.3 Å². The number of hydrogen-bond acceptors (Lipinski definition) is 4. The van der Waals surface area contributed by atoms with Crippen LogP contribution in [0.15, 0.2) is 23.0 Å². The Labute approximate surface area is 150 Å². The van der Waals surface area contributed by atoms with Crippen molar-refractivity contribution in [2.45, 2.75) is 52.6 Å². The predicted molar refractivity (Wildman–Crippen MR) is 97.2 cm³/mol. The zero-order chi connectivity index (χ0) is 18.4. The lowest BCUT2D eigenvalue weighted by Crippen LogP contribution is -2.52. The van der Waals surface area contributed by atoms with E-state index in [9.17, 15) is 9.59 Å². The van der Waals surface area contributed by atoms with Crippen molar-refractivity contribution >= 4 is 11.8 Å². The van der Waals surface area contributed by atoms with Gasteiger partial charge in [-0.25, -0.2) is 0 Å². The number of nitrogens with zero attached hydrogens (tertiary/aromatic N) is 1. The molecule has 6 heteroatoms. The zero-order valence-corrected chi connectivity index (χ0v) is 15.7. The molecule has 2 atom stereocenters. The monoisotopic (exact) mass is 349 g/mol. The molecule has 0 spiro atoms. The number of piperidine rings is 1. The van der Waals surface area contributed by atoms with Gasteiger partial charge in [0.25, 0.3) is 5.91 Å². The van der Waals surface area contributed by atoms with E-state index in [0.29, 0.717) is 24.1 Å². The Morgan fingerprint density at radius 2 is 1.96 bits per heavy atom. The third-order valence-corrected chi connectivity index (χ3v) is 5.07. The molecular formula is C19H31N3O3. The van der Waals surface area contributed by atoms with Gasteiger partial charge in [0.05, 0.1) is 11.8 Å². The molecule has 0 aromatic carbocycles. The molecule has 1 fully saturated rings. The molecule has 0 unspecified atom stereocenters. The maximum atomic E-state index is 12.3. The van der Waals surface area contributed by atoms with Crippen LogP contribution in [-0.4, -0.2) is 48.4 Å². The highest BCUT2D eigenvalue weighted by Crippen LogP contribution is 2.21. The smallest absolute Gasteiger partial charge is 0.255 e. The van der Waals surface area contributed by atoms with E-state index in [1.807, 2.05) is 0 Å². The summed E-state index contributed by atoms with van der Waals surface area (Å²) in [5, 5.41) is 5.70. The third-order valence-electron chi connectivity index (χ3n) is 5.07. The van der Waals surface area contributed by atoms with Crippen LogP contribution < -0.4 is 10.6 Å². The summed E-state index contributed by atoms with van der Waals surface area (Å²) in [7, 11) is 0. The summed E-state index contributed by atoms with van der Waals surface area (Å²) in [4.78, 5) is 26.8. The number of carbonyl (C=O) groups excluding carboxylic acids is 2. The van der Waals surface area contributed by atoms with Gasteiger partial charge in [-0.3, -0.25) is 14.5 Å². The Morgan fingerprint density at radius 3 is 2.52 bits per heavy atom. The lowest BCUT2D eigenvalue weighted by molar-refractivity contribution is -0.123. The van der Waals surface area contributed by atoms with Gasteiger partial charge in [0.15, 0.2) is 0 Å². The average molecular weight is 349 g/mol. The first-order chi connectivity index (χ1) is 11.9. The number of rotatable bonds is 7. The molecule has 2 rings (SSSR count). The average Bonchev–Trinajstić information content (AvgIpc) is 3.10. The third kappa shape index (κ3) is 5.59.